The van der Waals surface area contributed by atoms with Gasteiger partial charge in [-0.3, -0.25) is 0 Å². The van der Waals surface area contributed by atoms with E-state index in [0.29, 0.717) is 0 Å². The van der Waals surface area contributed by atoms with Crippen LogP contribution in [0.25, 0.3) is 0 Å². The number of nitrogens with one attached hydrogen (secondary N) is 2. The smallest absolute Gasteiger partial charge is 0.319 e. The Bertz CT molecular complexity index is 744. The van der Waals surface area contributed by atoms with Gasteiger partial charge in [0.1, 0.15) is 5.60 Å². The molecule has 3 N–H and O–H groups in total. The maximum Gasteiger partial charge on any atom is 0.319 e. The first-order valence-electron chi connectivity index (χ1n) is 8.62. The maximum atomic E-state index is 12.2. The third kappa shape index (κ3) is 4.12. The number of anilines is 2. The van der Waals surface area contributed by atoms with Crippen molar-refractivity contribution in [2.75, 3.05) is 30.4 Å². The van der Waals surface area contributed by atoms with Gasteiger partial charge in [0.05, 0.1) is 6.54 Å². The molecule has 1 heterocycles. The highest BCUT2D eigenvalue weighted by atomic mass is 16.3. The summed E-state index contributed by atoms with van der Waals surface area (Å²) in [4.78, 5) is 14.4. The molecule has 1 aliphatic heterocycles. The van der Waals surface area contributed by atoms with Crippen molar-refractivity contribution in [2.45, 2.75) is 25.4 Å². The van der Waals surface area contributed by atoms with Gasteiger partial charge in [-0.2, -0.15) is 0 Å². The van der Waals surface area contributed by atoms with E-state index in [1.54, 1.807) is 6.92 Å². The number of nitrogens with zero attached hydrogens (tertiary/aromatic N) is 1. The first-order valence-corrected chi connectivity index (χ1v) is 8.62. The molecule has 1 aliphatic rings. The number of rotatable bonds is 4. The van der Waals surface area contributed by atoms with Gasteiger partial charge < -0.3 is 20.6 Å². The van der Waals surface area contributed by atoms with Crippen molar-refractivity contribution in [2.24, 2.45) is 0 Å². The van der Waals surface area contributed by atoms with E-state index in [0.717, 1.165) is 30.6 Å². The lowest BCUT2D eigenvalue weighted by Crippen LogP contribution is -2.40. The second kappa shape index (κ2) is 7.15. The first kappa shape index (κ1) is 17.3. The summed E-state index contributed by atoms with van der Waals surface area (Å²) in [6.07, 6.45) is 2.15. The fourth-order valence-electron chi connectivity index (χ4n) is 3.19. The highest BCUT2D eigenvalue weighted by molar-refractivity contribution is 5.89. The van der Waals surface area contributed by atoms with Crippen LogP contribution in [0.15, 0.2) is 48.5 Å². The number of benzene rings is 2. The zero-order valence-corrected chi connectivity index (χ0v) is 14.7. The van der Waals surface area contributed by atoms with Gasteiger partial charge in [0, 0.05) is 25.0 Å². The summed E-state index contributed by atoms with van der Waals surface area (Å²) in [7, 11) is 2.09. The molecule has 0 radical (unpaired) electrons. The number of fused-ring (bicyclic) bond motifs is 1. The van der Waals surface area contributed by atoms with Crippen LogP contribution in [-0.2, 0) is 12.0 Å². The van der Waals surface area contributed by atoms with Crippen molar-refractivity contribution in [1.29, 1.82) is 0 Å². The maximum absolute atomic E-state index is 12.2. The van der Waals surface area contributed by atoms with Gasteiger partial charge in [0.25, 0.3) is 0 Å². The fourth-order valence-corrected chi connectivity index (χ4v) is 3.19. The van der Waals surface area contributed by atoms with Gasteiger partial charge in [-0.1, -0.05) is 30.3 Å². The van der Waals surface area contributed by atoms with E-state index in [1.165, 1.54) is 11.3 Å². The Hall–Kier alpha value is -2.53. The standard InChI is InChI=1S/C20H25N3O2/c1-20(25,16-8-4-3-5-9-16)14-21-19(24)22-17-10-11-18-15(13-17)7-6-12-23(18)2/h3-5,8-11,13,25H,6-7,12,14H2,1-2H3,(H2,21,22,24). The molecule has 3 rings (SSSR count). The summed E-state index contributed by atoms with van der Waals surface area (Å²) >= 11 is 0. The number of hydrogen-bond acceptors (Lipinski definition) is 3. The van der Waals surface area contributed by atoms with Crippen LogP contribution in [-0.4, -0.2) is 31.3 Å². The quantitative estimate of drug-likeness (QED) is 0.802. The van der Waals surface area contributed by atoms with Gasteiger partial charge in [0.2, 0.25) is 0 Å². The summed E-state index contributed by atoms with van der Waals surface area (Å²) in [5, 5.41) is 16.1. The number of hydrogen-bond donors (Lipinski definition) is 3. The van der Waals surface area contributed by atoms with Crippen molar-refractivity contribution >= 4 is 17.4 Å². The average molecular weight is 339 g/mol. The Morgan fingerprint density at radius 1 is 1.24 bits per heavy atom. The van der Waals surface area contributed by atoms with E-state index in [2.05, 4.69) is 22.6 Å². The Kier molecular flexibility index (Phi) is 4.95. The van der Waals surface area contributed by atoms with Crippen molar-refractivity contribution in [3.05, 3.63) is 59.7 Å². The first-order chi connectivity index (χ1) is 12.0. The topological polar surface area (TPSA) is 64.6 Å². The lowest BCUT2D eigenvalue weighted by molar-refractivity contribution is 0.0599. The lowest BCUT2D eigenvalue weighted by atomic mass is 9.96. The van der Waals surface area contributed by atoms with Crippen LogP contribution < -0.4 is 15.5 Å². The van der Waals surface area contributed by atoms with Crippen molar-refractivity contribution in [1.82, 2.24) is 5.32 Å². The van der Waals surface area contributed by atoms with Crippen LogP contribution in [0, 0.1) is 0 Å². The number of carbonyl (C=O) groups excluding carboxylic acids is 1. The minimum absolute atomic E-state index is 0.135. The third-order valence-corrected chi connectivity index (χ3v) is 4.68. The summed E-state index contributed by atoms with van der Waals surface area (Å²) < 4.78 is 0. The van der Waals surface area contributed by atoms with Crippen molar-refractivity contribution < 1.29 is 9.90 Å². The lowest BCUT2D eigenvalue weighted by Gasteiger charge is -2.28. The monoisotopic (exact) mass is 339 g/mol. The predicted octanol–water partition coefficient (Wildman–Crippen LogP) is 3.10. The summed E-state index contributed by atoms with van der Waals surface area (Å²) in [5.74, 6) is 0. The minimum atomic E-state index is -1.11. The third-order valence-electron chi connectivity index (χ3n) is 4.68. The zero-order valence-electron chi connectivity index (χ0n) is 14.7. The molecule has 2 aromatic carbocycles. The number of aryl methyl sites for hydroxylation is 1. The Morgan fingerprint density at radius 2 is 2.00 bits per heavy atom. The second-order valence-electron chi connectivity index (χ2n) is 6.82. The molecule has 0 saturated carbocycles. The molecular weight excluding hydrogens is 314 g/mol. The number of urea groups is 1. The molecule has 0 aliphatic carbocycles. The van der Waals surface area contributed by atoms with Gasteiger partial charge in [0.15, 0.2) is 0 Å². The van der Waals surface area contributed by atoms with Crippen LogP contribution >= 0.6 is 0 Å². The van der Waals surface area contributed by atoms with Crippen LogP contribution in [0.3, 0.4) is 0 Å². The Balaban J connectivity index is 1.60. The highest BCUT2D eigenvalue weighted by Gasteiger charge is 2.23. The largest absolute Gasteiger partial charge is 0.384 e. The van der Waals surface area contributed by atoms with Crippen LogP contribution in [0.2, 0.25) is 0 Å². The highest BCUT2D eigenvalue weighted by Crippen LogP contribution is 2.28. The molecule has 0 spiro atoms. The fraction of sp³-hybridized carbons (Fsp3) is 0.350. The number of aliphatic hydroxyl groups is 1. The molecule has 132 valence electrons. The molecule has 0 saturated heterocycles. The number of amides is 2. The van der Waals surface area contributed by atoms with E-state index < -0.39 is 5.60 Å². The molecule has 25 heavy (non-hydrogen) atoms. The van der Waals surface area contributed by atoms with Crippen LogP contribution in [0.1, 0.15) is 24.5 Å². The summed E-state index contributed by atoms with van der Waals surface area (Å²) in [6, 6.07) is 15.0. The van der Waals surface area contributed by atoms with Crippen LogP contribution in [0.4, 0.5) is 16.2 Å². The summed E-state index contributed by atoms with van der Waals surface area (Å²) in [6.45, 7) is 2.89. The Labute approximate surface area is 148 Å². The van der Waals surface area contributed by atoms with E-state index in [-0.39, 0.29) is 12.6 Å². The molecule has 0 aromatic heterocycles. The van der Waals surface area contributed by atoms with Crippen molar-refractivity contribution in [3.8, 4) is 0 Å². The predicted molar refractivity (Wildman–Crippen MR) is 101 cm³/mol. The van der Waals surface area contributed by atoms with E-state index in [9.17, 15) is 9.90 Å². The van der Waals surface area contributed by atoms with E-state index in [1.807, 2.05) is 48.5 Å². The molecule has 0 fully saturated rings. The van der Waals surface area contributed by atoms with Gasteiger partial charge in [-0.25, -0.2) is 4.79 Å². The average Bonchev–Trinajstić information content (AvgIpc) is 2.61. The van der Waals surface area contributed by atoms with Crippen LogP contribution in [0.5, 0.6) is 0 Å². The van der Waals surface area contributed by atoms with Crippen molar-refractivity contribution in [3.63, 3.8) is 0 Å². The molecule has 1 unspecified atom stereocenters. The molecule has 1 atom stereocenters. The molecule has 5 heteroatoms. The normalized spacial score (nSPS) is 15.9. The number of carbonyl (C=O) groups is 1. The summed E-state index contributed by atoms with van der Waals surface area (Å²) in [5.41, 5.74) is 2.90. The second-order valence-corrected chi connectivity index (χ2v) is 6.82. The molecule has 2 amide bonds. The minimum Gasteiger partial charge on any atom is -0.384 e. The SMILES string of the molecule is CN1CCCc2cc(NC(=O)NCC(C)(O)c3ccccc3)ccc21. The van der Waals surface area contributed by atoms with E-state index >= 15 is 0 Å². The Morgan fingerprint density at radius 3 is 2.76 bits per heavy atom. The van der Waals surface area contributed by atoms with Gasteiger partial charge in [-0.05, 0) is 49.1 Å². The molecule has 2 aromatic rings. The van der Waals surface area contributed by atoms with E-state index in [4.69, 9.17) is 0 Å². The zero-order chi connectivity index (χ0) is 17.9. The van der Waals surface area contributed by atoms with Gasteiger partial charge >= 0.3 is 6.03 Å². The van der Waals surface area contributed by atoms with Gasteiger partial charge in [-0.15, -0.1) is 0 Å². The molecular formula is C20H25N3O2. The molecule has 5 nitrogen and oxygen atoms in total. The molecule has 0 bridgehead atoms.